The number of hydrogen-bond donors (Lipinski definition) is 1. The van der Waals surface area contributed by atoms with Gasteiger partial charge >= 0.3 is 5.97 Å². The molecular weight excluding hydrogens is 232 g/mol. The number of carboxylic acid groups (broad SMARTS) is 1. The maximum absolute atomic E-state index is 10.9. The summed E-state index contributed by atoms with van der Waals surface area (Å²) in [6.07, 6.45) is 3.82. The van der Waals surface area contributed by atoms with Gasteiger partial charge in [-0.3, -0.25) is 4.79 Å². The van der Waals surface area contributed by atoms with Crippen LogP contribution >= 0.6 is 0 Å². The molecule has 2 heterocycles. The molecule has 0 aromatic carbocycles. The number of hydrogen-bond acceptors (Lipinski definition) is 4. The van der Waals surface area contributed by atoms with Crippen LogP contribution in [0.4, 0.5) is 5.95 Å². The molecule has 1 aliphatic heterocycles. The second kappa shape index (κ2) is 4.26. The molecule has 98 valence electrons. The maximum Gasteiger partial charge on any atom is 0.306 e. The van der Waals surface area contributed by atoms with Crippen LogP contribution in [0.1, 0.15) is 37.4 Å². The molecule has 2 aliphatic rings. The van der Waals surface area contributed by atoms with E-state index >= 15 is 0 Å². The van der Waals surface area contributed by atoms with Crippen molar-refractivity contribution in [3.8, 4) is 0 Å². The number of aliphatic carboxylic acids is 1. The van der Waals surface area contributed by atoms with Crippen LogP contribution in [0.5, 0.6) is 0 Å². The third-order valence-electron chi connectivity index (χ3n) is 3.96. The Hall–Kier alpha value is -1.59. The Morgan fingerprint density at radius 3 is 2.44 bits per heavy atom. The van der Waals surface area contributed by atoms with E-state index in [1.807, 2.05) is 7.05 Å². The summed E-state index contributed by atoms with van der Waals surface area (Å²) in [6, 6.07) is 0. The van der Waals surface area contributed by atoms with E-state index in [4.69, 9.17) is 5.11 Å². The SMILES string of the molecule is Cn1c(C2CC2)nnc1N1CCC(C(=O)O)CC1. The molecule has 18 heavy (non-hydrogen) atoms. The predicted octanol–water partition coefficient (Wildman–Crippen LogP) is 0.993. The van der Waals surface area contributed by atoms with Crippen LogP contribution in [-0.4, -0.2) is 38.9 Å². The van der Waals surface area contributed by atoms with Gasteiger partial charge in [0.2, 0.25) is 5.95 Å². The molecule has 3 rings (SSSR count). The Bertz CT molecular complexity index is 459. The standard InChI is InChI=1S/C12H18N4O2/c1-15-10(8-2-3-8)13-14-12(15)16-6-4-9(5-7-16)11(17)18/h8-9H,2-7H2,1H3,(H,17,18). The highest BCUT2D eigenvalue weighted by atomic mass is 16.4. The second-order valence-electron chi connectivity index (χ2n) is 5.29. The number of carboxylic acids is 1. The van der Waals surface area contributed by atoms with Gasteiger partial charge in [0.05, 0.1) is 5.92 Å². The first-order valence-corrected chi connectivity index (χ1v) is 6.54. The minimum Gasteiger partial charge on any atom is -0.481 e. The molecule has 0 radical (unpaired) electrons. The van der Waals surface area contributed by atoms with Gasteiger partial charge in [0, 0.05) is 26.1 Å². The lowest BCUT2D eigenvalue weighted by atomic mass is 9.97. The summed E-state index contributed by atoms with van der Waals surface area (Å²) < 4.78 is 2.07. The van der Waals surface area contributed by atoms with Crippen molar-refractivity contribution in [1.82, 2.24) is 14.8 Å². The summed E-state index contributed by atoms with van der Waals surface area (Å²) in [5.41, 5.74) is 0. The minimum atomic E-state index is -0.675. The Morgan fingerprint density at radius 1 is 1.22 bits per heavy atom. The van der Waals surface area contributed by atoms with Gasteiger partial charge in [-0.2, -0.15) is 0 Å². The van der Waals surface area contributed by atoms with Gasteiger partial charge in [-0.25, -0.2) is 0 Å². The lowest BCUT2D eigenvalue weighted by molar-refractivity contribution is -0.142. The van der Waals surface area contributed by atoms with Crippen LogP contribution in [0.2, 0.25) is 0 Å². The van der Waals surface area contributed by atoms with Gasteiger partial charge in [0.15, 0.2) is 0 Å². The highest BCUT2D eigenvalue weighted by molar-refractivity contribution is 5.70. The highest BCUT2D eigenvalue weighted by Gasteiger charge is 2.31. The summed E-state index contributed by atoms with van der Waals surface area (Å²) >= 11 is 0. The molecule has 0 atom stereocenters. The zero-order chi connectivity index (χ0) is 12.7. The van der Waals surface area contributed by atoms with Crippen molar-refractivity contribution in [3.05, 3.63) is 5.82 Å². The van der Waals surface area contributed by atoms with Gasteiger partial charge in [-0.05, 0) is 25.7 Å². The molecule has 0 bridgehead atoms. The molecule has 1 saturated carbocycles. The Balaban J connectivity index is 1.70. The third kappa shape index (κ3) is 1.95. The molecule has 1 aliphatic carbocycles. The van der Waals surface area contributed by atoms with Crippen LogP contribution in [0, 0.1) is 5.92 Å². The van der Waals surface area contributed by atoms with E-state index in [1.54, 1.807) is 0 Å². The van der Waals surface area contributed by atoms with Crippen molar-refractivity contribution in [2.24, 2.45) is 13.0 Å². The van der Waals surface area contributed by atoms with Crippen LogP contribution in [0.15, 0.2) is 0 Å². The van der Waals surface area contributed by atoms with Gasteiger partial charge in [-0.1, -0.05) is 0 Å². The van der Waals surface area contributed by atoms with Crippen LogP contribution < -0.4 is 4.90 Å². The van der Waals surface area contributed by atoms with Crippen molar-refractivity contribution >= 4 is 11.9 Å². The summed E-state index contributed by atoms with van der Waals surface area (Å²) in [4.78, 5) is 13.1. The molecule has 0 spiro atoms. The summed E-state index contributed by atoms with van der Waals surface area (Å²) in [5.74, 6) is 1.68. The lowest BCUT2D eigenvalue weighted by Crippen LogP contribution is -2.37. The number of rotatable bonds is 3. The minimum absolute atomic E-state index is 0.197. The molecule has 1 aromatic rings. The van der Waals surface area contributed by atoms with Crippen molar-refractivity contribution in [1.29, 1.82) is 0 Å². The molecule has 1 N–H and O–H groups in total. The first-order chi connectivity index (χ1) is 8.66. The Morgan fingerprint density at radius 2 is 1.89 bits per heavy atom. The van der Waals surface area contributed by atoms with Crippen molar-refractivity contribution in [2.45, 2.75) is 31.6 Å². The molecular formula is C12H18N4O2. The predicted molar refractivity (Wildman–Crippen MR) is 65.6 cm³/mol. The molecule has 6 nitrogen and oxygen atoms in total. The molecule has 6 heteroatoms. The van der Waals surface area contributed by atoms with E-state index in [0.717, 1.165) is 24.9 Å². The molecule has 1 aromatic heterocycles. The van der Waals surface area contributed by atoms with E-state index in [2.05, 4.69) is 19.7 Å². The smallest absolute Gasteiger partial charge is 0.306 e. The third-order valence-corrected chi connectivity index (χ3v) is 3.96. The van der Waals surface area contributed by atoms with Crippen LogP contribution in [0.3, 0.4) is 0 Å². The van der Waals surface area contributed by atoms with E-state index in [0.29, 0.717) is 18.8 Å². The first kappa shape index (κ1) is 11.5. The van der Waals surface area contributed by atoms with E-state index in [1.165, 1.54) is 12.8 Å². The number of carbonyl (C=O) groups is 1. The molecule has 0 unspecified atom stereocenters. The normalized spacial score (nSPS) is 21.3. The topological polar surface area (TPSA) is 71.2 Å². The lowest BCUT2D eigenvalue weighted by Gasteiger charge is -2.30. The first-order valence-electron chi connectivity index (χ1n) is 6.54. The van der Waals surface area contributed by atoms with E-state index in [-0.39, 0.29) is 5.92 Å². The molecule has 2 fully saturated rings. The van der Waals surface area contributed by atoms with Crippen molar-refractivity contribution in [3.63, 3.8) is 0 Å². The fourth-order valence-electron chi connectivity index (χ4n) is 2.63. The summed E-state index contributed by atoms with van der Waals surface area (Å²) in [6.45, 7) is 1.52. The van der Waals surface area contributed by atoms with Crippen LogP contribution in [-0.2, 0) is 11.8 Å². The number of anilines is 1. The zero-order valence-corrected chi connectivity index (χ0v) is 10.5. The largest absolute Gasteiger partial charge is 0.481 e. The monoisotopic (exact) mass is 250 g/mol. The van der Waals surface area contributed by atoms with Gasteiger partial charge in [-0.15, -0.1) is 10.2 Å². The average Bonchev–Trinajstić information content (AvgIpc) is 3.13. The van der Waals surface area contributed by atoms with Crippen molar-refractivity contribution in [2.75, 3.05) is 18.0 Å². The average molecular weight is 250 g/mol. The Labute approximate surface area is 106 Å². The summed E-state index contributed by atoms with van der Waals surface area (Å²) in [7, 11) is 2.01. The number of nitrogens with zero attached hydrogens (tertiary/aromatic N) is 4. The van der Waals surface area contributed by atoms with Gasteiger partial charge in [0.1, 0.15) is 5.82 Å². The quantitative estimate of drug-likeness (QED) is 0.866. The van der Waals surface area contributed by atoms with Crippen LogP contribution in [0.25, 0.3) is 0 Å². The van der Waals surface area contributed by atoms with Gasteiger partial charge < -0.3 is 14.6 Å². The summed E-state index contributed by atoms with van der Waals surface area (Å²) in [5, 5.41) is 17.5. The zero-order valence-electron chi connectivity index (χ0n) is 10.5. The number of aromatic nitrogens is 3. The highest BCUT2D eigenvalue weighted by Crippen LogP contribution is 2.39. The van der Waals surface area contributed by atoms with E-state index < -0.39 is 5.97 Å². The fourth-order valence-corrected chi connectivity index (χ4v) is 2.63. The molecule has 0 amide bonds. The van der Waals surface area contributed by atoms with E-state index in [9.17, 15) is 4.79 Å². The molecule has 1 saturated heterocycles. The Kier molecular flexibility index (Phi) is 2.72. The second-order valence-corrected chi connectivity index (χ2v) is 5.29. The maximum atomic E-state index is 10.9. The number of piperidine rings is 1. The van der Waals surface area contributed by atoms with Crippen molar-refractivity contribution < 1.29 is 9.90 Å². The van der Waals surface area contributed by atoms with Gasteiger partial charge in [0.25, 0.3) is 0 Å². The fraction of sp³-hybridized carbons (Fsp3) is 0.750.